The molecular formula is C23H28N4O3S2. The summed E-state index contributed by atoms with van der Waals surface area (Å²) in [7, 11) is 0. The quantitative estimate of drug-likeness (QED) is 0.339. The van der Waals surface area contributed by atoms with E-state index < -0.39 is 5.97 Å². The largest absolute Gasteiger partial charge is 0.462 e. The molecule has 0 bridgehead atoms. The summed E-state index contributed by atoms with van der Waals surface area (Å²) in [5.41, 5.74) is 2.56. The molecule has 170 valence electrons. The van der Waals surface area contributed by atoms with Crippen molar-refractivity contribution in [3.8, 4) is 0 Å². The van der Waals surface area contributed by atoms with Gasteiger partial charge in [-0.2, -0.15) is 0 Å². The number of ether oxygens (including phenoxy) is 1. The monoisotopic (exact) mass is 472 g/mol. The highest BCUT2D eigenvalue weighted by molar-refractivity contribution is 7.99. The van der Waals surface area contributed by atoms with Crippen molar-refractivity contribution in [2.24, 2.45) is 0 Å². The van der Waals surface area contributed by atoms with Crippen molar-refractivity contribution in [2.75, 3.05) is 17.7 Å². The van der Waals surface area contributed by atoms with Crippen LogP contribution in [0.2, 0.25) is 0 Å². The number of benzene rings is 1. The SMILES string of the molecule is CCOC(=O)c1c(NC(=O)CSc2nnc(Cc3ccccc3)n2CC)sc(C)c1CC. The summed E-state index contributed by atoms with van der Waals surface area (Å²) in [6.07, 6.45) is 1.39. The third kappa shape index (κ3) is 5.58. The zero-order chi connectivity index (χ0) is 23.1. The van der Waals surface area contributed by atoms with Crippen molar-refractivity contribution in [2.45, 2.75) is 52.2 Å². The predicted octanol–water partition coefficient (Wildman–Crippen LogP) is 4.73. The van der Waals surface area contributed by atoms with E-state index in [4.69, 9.17) is 4.74 Å². The van der Waals surface area contributed by atoms with Crippen LogP contribution in [0, 0.1) is 6.92 Å². The highest BCUT2D eigenvalue weighted by Gasteiger charge is 2.23. The van der Waals surface area contributed by atoms with Gasteiger partial charge in [0.05, 0.1) is 17.9 Å². The maximum atomic E-state index is 12.7. The lowest BCUT2D eigenvalue weighted by Gasteiger charge is -2.09. The zero-order valence-electron chi connectivity index (χ0n) is 18.8. The minimum absolute atomic E-state index is 0.171. The second kappa shape index (κ2) is 11.3. The zero-order valence-corrected chi connectivity index (χ0v) is 20.4. The number of esters is 1. The number of nitrogens with zero attached hydrogens (tertiary/aromatic N) is 3. The van der Waals surface area contributed by atoms with Gasteiger partial charge in [0.25, 0.3) is 0 Å². The first-order chi connectivity index (χ1) is 15.5. The number of hydrogen-bond acceptors (Lipinski definition) is 7. The number of aryl methyl sites for hydroxylation is 1. The molecule has 9 heteroatoms. The lowest BCUT2D eigenvalue weighted by Crippen LogP contribution is -2.17. The van der Waals surface area contributed by atoms with Gasteiger partial charge in [-0.1, -0.05) is 49.0 Å². The number of thiophene rings is 1. The Morgan fingerprint density at radius 1 is 1.16 bits per heavy atom. The van der Waals surface area contributed by atoms with Crippen LogP contribution in [0.4, 0.5) is 5.00 Å². The predicted molar refractivity (Wildman–Crippen MR) is 129 cm³/mol. The first-order valence-electron chi connectivity index (χ1n) is 10.7. The summed E-state index contributed by atoms with van der Waals surface area (Å²) < 4.78 is 7.23. The number of nitrogens with one attached hydrogen (secondary N) is 1. The number of aromatic nitrogens is 3. The Hall–Kier alpha value is -2.65. The molecule has 0 atom stereocenters. The fraction of sp³-hybridized carbons (Fsp3) is 0.391. The highest BCUT2D eigenvalue weighted by Crippen LogP contribution is 2.34. The Morgan fingerprint density at radius 2 is 1.91 bits per heavy atom. The van der Waals surface area contributed by atoms with E-state index in [2.05, 4.69) is 27.6 Å². The topological polar surface area (TPSA) is 86.1 Å². The molecule has 2 aromatic heterocycles. The fourth-order valence-corrected chi connectivity index (χ4v) is 5.43. The molecule has 0 radical (unpaired) electrons. The number of carbonyl (C=O) groups is 2. The Kier molecular flexibility index (Phi) is 8.46. The van der Waals surface area contributed by atoms with Gasteiger partial charge in [-0.3, -0.25) is 4.79 Å². The van der Waals surface area contributed by atoms with Crippen LogP contribution in [0.25, 0.3) is 0 Å². The van der Waals surface area contributed by atoms with Crippen LogP contribution in [0.1, 0.15) is 53.0 Å². The molecule has 0 saturated carbocycles. The number of hydrogen-bond donors (Lipinski definition) is 1. The van der Waals surface area contributed by atoms with Crippen molar-refractivity contribution >= 4 is 40.0 Å². The minimum Gasteiger partial charge on any atom is -0.462 e. The van der Waals surface area contributed by atoms with Crippen LogP contribution in [-0.2, 0) is 28.9 Å². The Balaban J connectivity index is 1.69. The van der Waals surface area contributed by atoms with Gasteiger partial charge >= 0.3 is 5.97 Å². The van der Waals surface area contributed by atoms with E-state index in [0.29, 0.717) is 28.6 Å². The van der Waals surface area contributed by atoms with Gasteiger partial charge in [0.15, 0.2) is 5.16 Å². The van der Waals surface area contributed by atoms with Crippen LogP contribution in [0.15, 0.2) is 35.5 Å². The van der Waals surface area contributed by atoms with Gasteiger partial charge < -0.3 is 14.6 Å². The smallest absolute Gasteiger partial charge is 0.341 e. The number of rotatable bonds is 10. The maximum absolute atomic E-state index is 12.7. The number of thioether (sulfide) groups is 1. The van der Waals surface area contributed by atoms with Gasteiger partial charge in [-0.05, 0) is 38.3 Å². The van der Waals surface area contributed by atoms with Crippen molar-refractivity contribution < 1.29 is 14.3 Å². The van der Waals surface area contributed by atoms with E-state index in [9.17, 15) is 9.59 Å². The minimum atomic E-state index is -0.395. The summed E-state index contributed by atoms with van der Waals surface area (Å²) in [6.45, 7) is 8.76. The molecule has 32 heavy (non-hydrogen) atoms. The molecule has 0 aliphatic heterocycles. The molecule has 0 spiro atoms. The van der Waals surface area contributed by atoms with Crippen LogP contribution >= 0.6 is 23.1 Å². The molecular weight excluding hydrogens is 444 g/mol. The average molecular weight is 473 g/mol. The molecule has 2 heterocycles. The third-order valence-corrected chi connectivity index (χ3v) is 6.97. The van der Waals surface area contributed by atoms with Gasteiger partial charge in [-0.15, -0.1) is 21.5 Å². The Morgan fingerprint density at radius 3 is 2.56 bits per heavy atom. The second-order valence-corrected chi connectivity index (χ2v) is 9.22. The van der Waals surface area contributed by atoms with E-state index in [1.54, 1.807) is 6.92 Å². The van der Waals surface area contributed by atoms with E-state index in [1.165, 1.54) is 23.1 Å². The first kappa shape index (κ1) is 24.0. The lowest BCUT2D eigenvalue weighted by molar-refractivity contribution is -0.113. The van der Waals surface area contributed by atoms with Crippen molar-refractivity contribution in [1.82, 2.24) is 14.8 Å². The van der Waals surface area contributed by atoms with Gasteiger partial charge in [0.2, 0.25) is 5.91 Å². The van der Waals surface area contributed by atoms with Crippen molar-refractivity contribution in [3.05, 3.63) is 57.7 Å². The summed E-state index contributed by atoms with van der Waals surface area (Å²) in [6, 6.07) is 10.1. The van der Waals surface area contributed by atoms with E-state index in [1.807, 2.05) is 43.5 Å². The lowest BCUT2D eigenvalue weighted by atomic mass is 10.1. The number of carbonyl (C=O) groups excluding carboxylic acids is 2. The number of anilines is 1. The summed E-state index contributed by atoms with van der Waals surface area (Å²) >= 11 is 2.74. The molecule has 1 N–H and O–H groups in total. The van der Waals surface area contributed by atoms with Crippen LogP contribution < -0.4 is 5.32 Å². The van der Waals surface area contributed by atoms with Crippen LogP contribution in [0.5, 0.6) is 0 Å². The van der Waals surface area contributed by atoms with Gasteiger partial charge in [0.1, 0.15) is 10.8 Å². The second-order valence-electron chi connectivity index (χ2n) is 7.06. The molecule has 3 aromatic rings. The van der Waals surface area contributed by atoms with Crippen molar-refractivity contribution in [3.63, 3.8) is 0 Å². The molecule has 0 aliphatic rings. The molecule has 0 saturated heterocycles. The molecule has 3 rings (SSSR count). The Bertz CT molecular complexity index is 1080. The summed E-state index contributed by atoms with van der Waals surface area (Å²) in [5.74, 6) is 0.449. The molecule has 0 unspecified atom stereocenters. The first-order valence-corrected chi connectivity index (χ1v) is 12.5. The Labute approximate surface area is 196 Å². The average Bonchev–Trinajstić information content (AvgIpc) is 3.32. The van der Waals surface area contributed by atoms with Crippen LogP contribution in [-0.4, -0.2) is 39.0 Å². The van der Waals surface area contributed by atoms with Gasteiger partial charge in [-0.25, -0.2) is 4.79 Å². The molecule has 0 fully saturated rings. The third-order valence-electron chi connectivity index (χ3n) is 4.94. The fourth-order valence-electron chi connectivity index (χ4n) is 3.46. The van der Waals surface area contributed by atoms with Crippen LogP contribution in [0.3, 0.4) is 0 Å². The molecule has 7 nitrogen and oxygen atoms in total. The standard InChI is InChI=1S/C23H28N4O3S2/c1-5-17-15(4)32-21(20(17)22(29)30-7-3)24-19(28)14-31-23-26-25-18(27(23)6-2)13-16-11-9-8-10-12-16/h8-12H,5-7,13-14H2,1-4H3,(H,24,28). The van der Waals surface area contributed by atoms with E-state index >= 15 is 0 Å². The summed E-state index contributed by atoms with van der Waals surface area (Å²) in [4.78, 5) is 26.2. The maximum Gasteiger partial charge on any atom is 0.341 e. The van der Waals surface area contributed by atoms with E-state index in [0.717, 1.165) is 28.4 Å². The highest BCUT2D eigenvalue weighted by atomic mass is 32.2. The normalized spacial score (nSPS) is 10.9. The summed E-state index contributed by atoms with van der Waals surface area (Å²) in [5, 5.41) is 12.8. The molecule has 1 amide bonds. The van der Waals surface area contributed by atoms with Gasteiger partial charge in [0, 0.05) is 17.8 Å². The van der Waals surface area contributed by atoms with E-state index in [-0.39, 0.29) is 18.3 Å². The molecule has 0 aliphatic carbocycles. The number of amides is 1. The molecule has 1 aromatic carbocycles. The van der Waals surface area contributed by atoms with Crippen molar-refractivity contribution in [1.29, 1.82) is 0 Å².